The highest BCUT2D eigenvalue weighted by Crippen LogP contribution is 2.38. The maximum absolute atomic E-state index is 13.2. The van der Waals surface area contributed by atoms with Gasteiger partial charge in [0.1, 0.15) is 12.2 Å². The molecule has 0 aromatic heterocycles. The van der Waals surface area contributed by atoms with E-state index in [2.05, 4.69) is 27.9 Å². The number of hydrogen-bond donors (Lipinski definition) is 4. The predicted molar refractivity (Wildman–Crippen MR) is 143 cm³/mol. The van der Waals surface area contributed by atoms with Gasteiger partial charge in [0.05, 0.1) is 29.9 Å². The Morgan fingerprint density at radius 2 is 1.97 bits per heavy atom. The SMILES string of the molecule is COc1cc(CO)cc(I)c1OC1C=C(C(=O)NCCO)CC(N(CC2CC2)C(=O)C=C(C)C)C1O. The van der Waals surface area contributed by atoms with Crippen LogP contribution in [0.5, 0.6) is 11.5 Å². The Labute approximate surface area is 225 Å². The van der Waals surface area contributed by atoms with Gasteiger partial charge < -0.3 is 35.0 Å². The Kier molecular flexibility index (Phi) is 10.2. The third-order valence-corrected chi connectivity index (χ3v) is 6.99. The van der Waals surface area contributed by atoms with Gasteiger partial charge in [0, 0.05) is 31.2 Å². The summed E-state index contributed by atoms with van der Waals surface area (Å²) in [6, 6.07) is 2.72. The van der Waals surface area contributed by atoms with E-state index in [1.165, 1.54) is 7.11 Å². The number of ether oxygens (including phenoxy) is 2. The molecule has 1 aromatic carbocycles. The summed E-state index contributed by atoms with van der Waals surface area (Å²) in [5, 5.41) is 32.8. The molecule has 0 bridgehead atoms. The molecule has 3 rings (SSSR count). The van der Waals surface area contributed by atoms with Gasteiger partial charge >= 0.3 is 0 Å². The van der Waals surface area contributed by atoms with Gasteiger partial charge in [-0.25, -0.2) is 0 Å². The number of hydrogen-bond acceptors (Lipinski definition) is 7. The number of carbonyl (C=O) groups is 2. The summed E-state index contributed by atoms with van der Waals surface area (Å²) >= 11 is 2.07. The number of methoxy groups -OCH3 is 1. The molecule has 1 saturated carbocycles. The van der Waals surface area contributed by atoms with E-state index in [1.807, 2.05) is 13.8 Å². The molecule has 0 spiro atoms. The molecule has 0 saturated heterocycles. The van der Waals surface area contributed by atoms with Crippen molar-refractivity contribution in [1.82, 2.24) is 10.2 Å². The molecule has 0 radical (unpaired) electrons. The first-order valence-electron chi connectivity index (χ1n) is 12.1. The highest BCUT2D eigenvalue weighted by Gasteiger charge is 2.42. The van der Waals surface area contributed by atoms with Crippen LogP contribution in [0, 0.1) is 9.49 Å². The fraction of sp³-hybridized carbons (Fsp3) is 0.538. The number of nitrogens with one attached hydrogen (secondary N) is 1. The fourth-order valence-corrected chi connectivity index (χ4v) is 4.98. The summed E-state index contributed by atoms with van der Waals surface area (Å²) in [5.41, 5.74) is 1.86. The van der Waals surface area contributed by atoms with Crippen LogP contribution >= 0.6 is 22.6 Å². The Balaban J connectivity index is 1.99. The minimum absolute atomic E-state index is 0.0890. The van der Waals surface area contributed by atoms with Crippen LogP contribution in [0.1, 0.15) is 38.7 Å². The van der Waals surface area contributed by atoms with Crippen molar-refractivity contribution in [3.05, 3.63) is 44.6 Å². The van der Waals surface area contributed by atoms with Gasteiger partial charge in [-0.15, -0.1) is 0 Å². The van der Waals surface area contributed by atoms with Crippen molar-refractivity contribution in [3.8, 4) is 11.5 Å². The van der Waals surface area contributed by atoms with Gasteiger partial charge in [-0.3, -0.25) is 9.59 Å². The van der Waals surface area contributed by atoms with E-state index in [-0.39, 0.29) is 38.0 Å². The largest absolute Gasteiger partial charge is 0.493 e. The van der Waals surface area contributed by atoms with E-state index < -0.39 is 18.2 Å². The zero-order valence-corrected chi connectivity index (χ0v) is 23.0. The first-order valence-corrected chi connectivity index (χ1v) is 13.1. The standard InChI is InChI=1S/C26H35IN2O7/c1-15(2)8-23(32)29(13-16-4-5-16)20-11-18(26(34)28-6-7-30)12-21(24(20)33)36-25-19(27)9-17(14-31)10-22(25)35-3/h8-10,12,16,20-21,24,30-31,33H,4-7,11,13-14H2,1-3H3,(H,28,34). The molecule has 3 atom stereocenters. The van der Waals surface area contributed by atoms with Crippen molar-refractivity contribution in [1.29, 1.82) is 0 Å². The van der Waals surface area contributed by atoms with E-state index in [4.69, 9.17) is 14.6 Å². The molecule has 1 fully saturated rings. The Bertz CT molecular complexity index is 1020. The summed E-state index contributed by atoms with van der Waals surface area (Å²) in [6.45, 7) is 3.89. The van der Waals surface area contributed by atoms with Crippen molar-refractivity contribution in [2.24, 2.45) is 5.92 Å². The number of rotatable bonds is 11. The molecule has 10 heteroatoms. The minimum atomic E-state index is -1.11. The fourth-order valence-electron chi connectivity index (χ4n) is 4.19. The molecule has 3 unspecified atom stereocenters. The molecule has 198 valence electrons. The van der Waals surface area contributed by atoms with Gasteiger partial charge in [0.15, 0.2) is 11.5 Å². The van der Waals surface area contributed by atoms with Crippen LogP contribution in [0.4, 0.5) is 0 Å². The lowest BCUT2D eigenvalue weighted by Gasteiger charge is -2.40. The number of amides is 2. The average Bonchev–Trinajstić information content (AvgIpc) is 3.67. The third-order valence-electron chi connectivity index (χ3n) is 6.19. The number of allylic oxidation sites excluding steroid dienone is 1. The Hall–Kier alpha value is -2.15. The molecule has 2 aliphatic rings. The van der Waals surface area contributed by atoms with E-state index >= 15 is 0 Å². The second-order valence-electron chi connectivity index (χ2n) is 9.44. The van der Waals surface area contributed by atoms with Crippen LogP contribution in [0.3, 0.4) is 0 Å². The molecule has 1 aromatic rings. The number of aliphatic hydroxyl groups is 3. The second kappa shape index (κ2) is 12.9. The zero-order valence-electron chi connectivity index (χ0n) is 20.9. The summed E-state index contributed by atoms with van der Waals surface area (Å²) < 4.78 is 12.4. The van der Waals surface area contributed by atoms with Gasteiger partial charge in [0.25, 0.3) is 0 Å². The van der Waals surface area contributed by atoms with Crippen LogP contribution in [0.2, 0.25) is 0 Å². The van der Waals surface area contributed by atoms with Crippen molar-refractivity contribution in [3.63, 3.8) is 0 Å². The lowest BCUT2D eigenvalue weighted by atomic mass is 9.88. The highest BCUT2D eigenvalue weighted by atomic mass is 127. The molecule has 2 aliphatic carbocycles. The van der Waals surface area contributed by atoms with Crippen molar-refractivity contribution in [2.75, 3.05) is 26.8 Å². The quantitative estimate of drug-likeness (QED) is 0.222. The van der Waals surface area contributed by atoms with Crippen molar-refractivity contribution >= 4 is 34.4 Å². The molecule has 0 aliphatic heterocycles. The van der Waals surface area contributed by atoms with E-state index in [1.54, 1.807) is 29.2 Å². The summed E-state index contributed by atoms with van der Waals surface area (Å²) in [7, 11) is 1.48. The molecular weight excluding hydrogens is 579 g/mol. The number of carbonyl (C=O) groups excluding carboxylic acids is 2. The second-order valence-corrected chi connectivity index (χ2v) is 10.6. The Morgan fingerprint density at radius 3 is 2.56 bits per heavy atom. The van der Waals surface area contributed by atoms with Gasteiger partial charge in [-0.2, -0.15) is 0 Å². The number of benzene rings is 1. The van der Waals surface area contributed by atoms with Crippen LogP contribution in [0.25, 0.3) is 0 Å². The topological polar surface area (TPSA) is 129 Å². The summed E-state index contributed by atoms with van der Waals surface area (Å²) in [4.78, 5) is 27.8. The van der Waals surface area contributed by atoms with Crippen molar-refractivity contribution < 1.29 is 34.4 Å². The van der Waals surface area contributed by atoms with E-state index in [9.17, 15) is 19.8 Å². The van der Waals surface area contributed by atoms with Gasteiger partial charge in [-0.1, -0.05) is 5.57 Å². The lowest BCUT2D eigenvalue weighted by Crippen LogP contribution is -2.55. The van der Waals surface area contributed by atoms with Gasteiger partial charge in [0.2, 0.25) is 11.8 Å². The minimum Gasteiger partial charge on any atom is -0.493 e. The molecule has 2 amide bonds. The predicted octanol–water partition coefficient (Wildman–Crippen LogP) is 1.91. The average molecular weight is 614 g/mol. The van der Waals surface area contributed by atoms with E-state index in [0.29, 0.717) is 38.7 Å². The number of aliphatic hydroxyl groups excluding tert-OH is 3. The highest BCUT2D eigenvalue weighted by molar-refractivity contribution is 14.1. The van der Waals surface area contributed by atoms with Crippen LogP contribution in [-0.4, -0.2) is 77.1 Å². The van der Waals surface area contributed by atoms with E-state index in [0.717, 1.165) is 18.4 Å². The smallest absolute Gasteiger partial charge is 0.247 e. The van der Waals surface area contributed by atoms with Crippen LogP contribution in [-0.2, 0) is 16.2 Å². The molecular formula is C26H35IN2O7. The Morgan fingerprint density at radius 1 is 1.25 bits per heavy atom. The zero-order chi connectivity index (χ0) is 26.4. The summed E-state index contributed by atoms with van der Waals surface area (Å²) in [6.07, 6.45) is 3.28. The maximum atomic E-state index is 13.2. The normalized spacial score (nSPS) is 21.3. The first-order chi connectivity index (χ1) is 17.2. The first kappa shape index (κ1) is 28.4. The summed E-state index contributed by atoms with van der Waals surface area (Å²) in [5.74, 6) is 0.538. The monoisotopic (exact) mass is 614 g/mol. The molecule has 9 nitrogen and oxygen atoms in total. The number of halogens is 1. The van der Waals surface area contributed by atoms with Gasteiger partial charge in [-0.05, 0) is 79.0 Å². The molecule has 0 heterocycles. The van der Waals surface area contributed by atoms with Crippen molar-refractivity contribution in [2.45, 2.75) is 58.0 Å². The molecule has 4 N–H and O–H groups in total. The van der Waals surface area contributed by atoms with Crippen LogP contribution < -0.4 is 14.8 Å². The number of nitrogens with zero attached hydrogens (tertiary/aromatic N) is 1. The lowest BCUT2D eigenvalue weighted by molar-refractivity contribution is -0.134. The van der Waals surface area contributed by atoms with Crippen LogP contribution in [0.15, 0.2) is 35.4 Å². The molecule has 36 heavy (non-hydrogen) atoms. The maximum Gasteiger partial charge on any atom is 0.247 e. The third kappa shape index (κ3) is 7.21.